The molecule has 0 unspecified atom stereocenters. The number of aromatic nitrogens is 1. The van der Waals surface area contributed by atoms with Crippen molar-refractivity contribution in [1.82, 2.24) is 4.98 Å². The zero-order chi connectivity index (χ0) is 14.8. The molecule has 0 aliphatic heterocycles. The summed E-state index contributed by atoms with van der Waals surface area (Å²) < 4.78 is 37.1. The molecule has 0 aliphatic carbocycles. The van der Waals surface area contributed by atoms with Crippen molar-refractivity contribution in [1.29, 1.82) is 0 Å². The molecular formula is C13H11F3N2OS. The molecule has 0 saturated heterocycles. The van der Waals surface area contributed by atoms with Gasteiger partial charge in [0.25, 0.3) is 0 Å². The number of nitrogens with one attached hydrogen (secondary N) is 1. The van der Waals surface area contributed by atoms with E-state index in [4.69, 9.17) is 0 Å². The van der Waals surface area contributed by atoms with Crippen LogP contribution in [-0.4, -0.2) is 10.9 Å². The fourth-order valence-corrected chi connectivity index (χ4v) is 2.21. The van der Waals surface area contributed by atoms with Gasteiger partial charge in [-0.25, -0.2) is 4.98 Å². The number of nitrogens with zero attached hydrogens (tertiary/aromatic N) is 1. The molecule has 1 amide bonds. The molecule has 0 radical (unpaired) electrons. The van der Waals surface area contributed by atoms with Gasteiger partial charge < -0.3 is 5.32 Å². The number of halogens is 3. The Bertz CT molecular complexity index is 605. The van der Waals surface area contributed by atoms with Crippen LogP contribution in [0.25, 0.3) is 0 Å². The van der Waals surface area contributed by atoms with Crippen LogP contribution in [0.2, 0.25) is 0 Å². The molecule has 1 heterocycles. The van der Waals surface area contributed by atoms with Crippen molar-refractivity contribution in [3.8, 4) is 0 Å². The SMILES string of the molecule is Cc1nc(CC(=O)Nc2ccc(C(F)(F)F)cc2)cs1. The minimum absolute atomic E-state index is 0.103. The third-order valence-electron chi connectivity index (χ3n) is 2.50. The molecule has 0 spiro atoms. The molecule has 1 N–H and O–H groups in total. The Kier molecular flexibility index (Phi) is 4.08. The van der Waals surface area contributed by atoms with Crippen LogP contribution in [0, 0.1) is 6.92 Å². The first-order chi connectivity index (χ1) is 9.34. The number of carbonyl (C=O) groups excluding carboxylic acids is 1. The van der Waals surface area contributed by atoms with Crippen LogP contribution in [0.3, 0.4) is 0 Å². The van der Waals surface area contributed by atoms with Gasteiger partial charge in [-0.2, -0.15) is 13.2 Å². The van der Waals surface area contributed by atoms with Gasteiger partial charge in [0.1, 0.15) is 0 Å². The third kappa shape index (κ3) is 3.80. The van der Waals surface area contributed by atoms with Gasteiger partial charge in [-0.05, 0) is 31.2 Å². The maximum Gasteiger partial charge on any atom is 0.416 e. The predicted molar refractivity (Wildman–Crippen MR) is 70.6 cm³/mol. The van der Waals surface area contributed by atoms with Gasteiger partial charge in [0.2, 0.25) is 5.91 Å². The van der Waals surface area contributed by atoms with Crippen LogP contribution < -0.4 is 5.32 Å². The molecule has 0 bridgehead atoms. The van der Waals surface area contributed by atoms with Gasteiger partial charge in [0.05, 0.1) is 22.7 Å². The number of rotatable bonds is 3. The third-order valence-corrected chi connectivity index (χ3v) is 3.33. The Morgan fingerprint density at radius 3 is 2.45 bits per heavy atom. The van der Waals surface area contributed by atoms with E-state index in [9.17, 15) is 18.0 Å². The smallest absolute Gasteiger partial charge is 0.326 e. The van der Waals surface area contributed by atoms with Crippen LogP contribution in [0.4, 0.5) is 18.9 Å². The summed E-state index contributed by atoms with van der Waals surface area (Å²) in [5, 5.41) is 5.18. The summed E-state index contributed by atoms with van der Waals surface area (Å²) in [6.07, 6.45) is -4.27. The average Bonchev–Trinajstić information content (AvgIpc) is 2.74. The zero-order valence-electron chi connectivity index (χ0n) is 10.5. The number of thiazole rings is 1. The Hall–Kier alpha value is -1.89. The highest BCUT2D eigenvalue weighted by molar-refractivity contribution is 7.09. The fraction of sp³-hybridized carbons (Fsp3) is 0.231. The number of alkyl halides is 3. The Morgan fingerprint density at radius 1 is 1.30 bits per heavy atom. The van der Waals surface area contributed by atoms with E-state index in [0.29, 0.717) is 11.4 Å². The van der Waals surface area contributed by atoms with Crippen LogP contribution in [-0.2, 0) is 17.4 Å². The van der Waals surface area contributed by atoms with Crippen LogP contribution >= 0.6 is 11.3 Å². The first-order valence-electron chi connectivity index (χ1n) is 5.73. The van der Waals surface area contributed by atoms with E-state index >= 15 is 0 Å². The van der Waals surface area contributed by atoms with Gasteiger partial charge >= 0.3 is 6.18 Å². The van der Waals surface area contributed by atoms with E-state index in [-0.39, 0.29) is 12.3 Å². The fourth-order valence-electron chi connectivity index (χ4n) is 1.60. The summed E-state index contributed by atoms with van der Waals surface area (Å²) in [4.78, 5) is 15.9. The number of hydrogen-bond acceptors (Lipinski definition) is 3. The molecule has 106 valence electrons. The molecule has 7 heteroatoms. The summed E-state index contributed by atoms with van der Waals surface area (Å²) in [6.45, 7) is 1.84. The predicted octanol–water partition coefficient (Wildman–Crippen LogP) is 3.65. The molecule has 0 atom stereocenters. The van der Waals surface area contributed by atoms with Crippen molar-refractivity contribution in [2.75, 3.05) is 5.32 Å². The Morgan fingerprint density at radius 2 is 1.95 bits per heavy atom. The summed E-state index contributed by atoms with van der Waals surface area (Å²) in [6, 6.07) is 4.32. The second kappa shape index (κ2) is 5.62. The first kappa shape index (κ1) is 14.5. The molecule has 0 saturated carbocycles. The number of aryl methyl sites for hydroxylation is 1. The molecule has 0 fully saturated rings. The molecule has 1 aromatic carbocycles. The van der Waals surface area contributed by atoms with Gasteiger partial charge in [-0.15, -0.1) is 11.3 Å². The van der Waals surface area contributed by atoms with Crippen molar-refractivity contribution >= 4 is 22.9 Å². The number of anilines is 1. The summed E-state index contributed by atoms with van der Waals surface area (Å²) in [7, 11) is 0. The average molecular weight is 300 g/mol. The van der Waals surface area contributed by atoms with Crippen molar-refractivity contribution in [3.63, 3.8) is 0 Å². The van der Waals surface area contributed by atoms with Crippen LogP contribution in [0.5, 0.6) is 0 Å². The van der Waals surface area contributed by atoms with Gasteiger partial charge in [-0.1, -0.05) is 0 Å². The lowest BCUT2D eigenvalue weighted by atomic mass is 10.2. The van der Waals surface area contributed by atoms with E-state index in [1.807, 2.05) is 6.92 Å². The zero-order valence-corrected chi connectivity index (χ0v) is 11.3. The molecule has 2 rings (SSSR count). The molecule has 3 nitrogen and oxygen atoms in total. The second-order valence-electron chi connectivity index (χ2n) is 4.16. The lowest BCUT2D eigenvalue weighted by Gasteiger charge is -2.08. The van der Waals surface area contributed by atoms with Crippen molar-refractivity contribution in [2.45, 2.75) is 19.5 Å². The van der Waals surface area contributed by atoms with Gasteiger partial charge in [0.15, 0.2) is 0 Å². The van der Waals surface area contributed by atoms with Gasteiger partial charge in [0, 0.05) is 11.1 Å². The molecule has 1 aromatic heterocycles. The first-order valence-corrected chi connectivity index (χ1v) is 6.60. The maximum absolute atomic E-state index is 12.4. The van der Waals surface area contributed by atoms with E-state index in [2.05, 4.69) is 10.3 Å². The normalized spacial score (nSPS) is 11.4. The minimum atomic E-state index is -4.37. The molecule has 20 heavy (non-hydrogen) atoms. The van der Waals surface area contributed by atoms with Crippen molar-refractivity contribution in [3.05, 3.63) is 45.9 Å². The van der Waals surface area contributed by atoms with Crippen LogP contribution in [0.15, 0.2) is 29.6 Å². The minimum Gasteiger partial charge on any atom is -0.326 e. The highest BCUT2D eigenvalue weighted by atomic mass is 32.1. The highest BCUT2D eigenvalue weighted by Gasteiger charge is 2.29. The van der Waals surface area contributed by atoms with Crippen molar-refractivity contribution in [2.24, 2.45) is 0 Å². The van der Waals surface area contributed by atoms with Gasteiger partial charge in [-0.3, -0.25) is 4.79 Å². The summed E-state index contributed by atoms with van der Waals surface area (Å²) >= 11 is 1.44. The molecular weight excluding hydrogens is 289 g/mol. The molecule has 0 aliphatic rings. The van der Waals surface area contributed by atoms with E-state index in [1.165, 1.54) is 23.5 Å². The van der Waals surface area contributed by atoms with E-state index in [1.54, 1.807) is 5.38 Å². The Labute approximate surface area is 117 Å². The number of hydrogen-bond donors (Lipinski definition) is 1. The summed E-state index contributed by atoms with van der Waals surface area (Å²) in [5.74, 6) is -0.310. The maximum atomic E-state index is 12.4. The van der Waals surface area contributed by atoms with Crippen LogP contribution in [0.1, 0.15) is 16.3 Å². The number of carbonyl (C=O) groups is 1. The lowest BCUT2D eigenvalue weighted by molar-refractivity contribution is -0.137. The monoisotopic (exact) mass is 300 g/mol. The second-order valence-corrected chi connectivity index (χ2v) is 5.22. The number of amides is 1. The standard InChI is InChI=1S/C13H11F3N2OS/c1-8-17-11(7-20-8)6-12(19)18-10-4-2-9(3-5-10)13(14,15)16/h2-5,7H,6H2,1H3,(H,18,19). The Balaban J connectivity index is 1.98. The van der Waals surface area contributed by atoms with E-state index in [0.717, 1.165) is 17.1 Å². The number of benzene rings is 1. The largest absolute Gasteiger partial charge is 0.416 e. The quantitative estimate of drug-likeness (QED) is 0.940. The topological polar surface area (TPSA) is 42.0 Å². The lowest BCUT2D eigenvalue weighted by Crippen LogP contribution is -2.15. The van der Waals surface area contributed by atoms with Crippen molar-refractivity contribution < 1.29 is 18.0 Å². The van der Waals surface area contributed by atoms with E-state index < -0.39 is 11.7 Å². The highest BCUT2D eigenvalue weighted by Crippen LogP contribution is 2.29. The molecule has 2 aromatic rings. The summed E-state index contributed by atoms with van der Waals surface area (Å²) in [5.41, 5.74) is 0.234.